The van der Waals surface area contributed by atoms with Crippen molar-refractivity contribution >= 4 is 16.5 Å². The van der Waals surface area contributed by atoms with Gasteiger partial charge in [-0.1, -0.05) is 30.3 Å². The molecule has 0 amide bonds. The third kappa shape index (κ3) is 5.79. The van der Waals surface area contributed by atoms with Gasteiger partial charge in [0.15, 0.2) is 5.13 Å². The SMILES string of the molecule is CC(O)C(O)C(CCC1OC(CO)C(O)C(O)C1O)Nc1nc(-c2ccccc2)cs1. The average Bonchev–Trinajstić information content (AvgIpc) is 3.24. The lowest BCUT2D eigenvalue weighted by atomic mass is 9.90. The molecule has 8 unspecified atom stereocenters. The molecule has 3 rings (SSSR count). The van der Waals surface area contributed by atoms with Crippen LogP contribution in [0, 0.1) is 0 Å². The molecule has 10 heteroatoms. The van der Waals surface area contributed by atoms with E-state index in [0.717, 1.165) is 11.3 Å². The van der Waals surface area contributed by atoms with Crippen molar-refractivity contribution in [2.24, 2.45) is 0 Å². The maximum atomic E-state index is 10.5. The van der Waals surface area contributed by atoms with Crippen LogP contribution in [0.25, 0.3) is 11.3 Å². The van der Waals surface area contributed by atoms with E-state index in [4.69, 9.17) is 4.74 Å². The molecule has 8 atom stereocenters. The van der Waals surface area contributed by atoms with Crippen molar-refractivity contribution in [1.82, 2.24) is 4.98 Å². The minimum Gasteiger partial charge on any atom is -0.394 e. The molecular weight excluding hydrogens is 424 g/mol. The summed E-state index contributed by atoms with van der Waals surface area (Å²) in [5.74, 6) is 0. The first-order valence-corrected chi connectivity index (χ1v) is 11.1. The van der Waals surface area contributed by atoms with E-state index in [-0.39, 0.29) is 12.8 Å². The number of aliphatic hydroxyl groups excluding tert-OH is 6. The summed E-state index contributed by atoms with van der Waals surface area (Å²) in [5, 5.41) is 65.5. The number of aliphatic hydroxyl groups is 6. The first kappa shape index (κ1) is 24.0. The lowest BCUT2D eigenvalue weighted by Gasteiger charge is -2.40. The van der Waals surface area contributed by atoms with Crippen LogP contribution in [0.1, 0.15) is 19.8 Å². The normalized spacial score (nSPS) is 29.3. The third-order valence-electron chi connectivity index (χ3n) is 5.54. The Morgan fingerprint density at radius 2 is 1.74 bits per heavy atom. The van der Waals surface area contributed by atoms with Gasteiger partial charge in [-0.3, -0.25) is 0 Å². The lowest BCUT2D eigenvalue weighted by Crippen LogP contribution is -2.58. The third-order valence-corrected chi connectivity index (χ3v) is 6.32. The maximum absolute atomic E-state index is 10.5. The van der Waals surface area contributed by atoms with Crippen LogP contribution < -0.4 is 5.32 Å². The molecule has 0 saturated carbocycles. The highest BCUT2D eigenvalue weighted by Gasteiger charge is 2.43. The molecule has 0 radical (unpaired) electrons. The molecule has 1 fully saturated rings. The second-order valence-corrected chi connectivity index (χ2v) is 8.69. The largest absolute Gasteiger partial charge is 0.394 e. The van der Waals surface area contributed by atoms with E-state index < -0.39 is 55.4 Å². The van der Waals surface area contributed by atoms with Gasteiger partial charge in [-0.15, -0.1) is 11.3 Å². The van der Waals surface area contributed by atoms with Gasteiger partial charge in [-0.05, 0) is 19.8 Å². The number of benzene rings is 1. The van der Waals surface area contributed by atoms with E-state index in [9.17, 15) is 30.6 Å². The number of hydrogen-bond acceptors (Lipinski definition) is 10. The first-order valence-electron chi connectivity index (χ1n) is 10.3. The number of nitrogens with zero attached hydrogens (tertiary/aromatic N) is 1. The first-order chi connectivity index (χ1) is 14.8. The zero-order valence-corrected chi connectivity index (χ0v) is 18.0. The average molecular weight is 455 g/mol. The molecule has 1 aliphatic heterocycles. The Kier molecular flexibility index (Phi) is 8.36. The van der Waals surface area contributed by atoms with Crippen LogP contribution in [0.15, 0.2) is 35.7 Å². The highest BCUT2D eigenvalue weighted by atomic mass is 32.1. The molecule has 31 heavy (non-hydrogen) atoms. The Bertz CT molecular complexity index is 804. The molecule has 0 spiro atoms. The molecule has 2 heterocycles. The highest BCUT2D eigenvalue weighted by molar-refractivity contribution is 7.14. The van der Waals surface area contributed by atoms with Crippen LogP contribution in [-0.4, -0.2) is 91.0 Å². The summed E-state index contributed by atoms with van der Waals surface area (Å²) in [5.41, 5.74) is 1.74. The van der Waals surface area contributed by atoms with Gasteiger partial charge in [0.05, 0.1) is 36.7 Å². The zero-order valence-electron chi connectivity index (χ0n) is 17.2. The second kappa shape index (κ2) is 10.8. The Morgan fingerprint density at radius 1 is 1.06 bits per heavy atom. The standard InChI is InChI=1S/C21H30N2O7S/c1-11(25)17(26)13(7-8-15-18(27)20(29)19(28)16(9-24)30-15)22-21-23-14(10-31-21)12-5-3-2-4-6-12/h2-6,10-11,13,15-20,24-29H,7-9H2,1H3,(H,22,23). The smallest absolute Gasteiger partial charge is 0.183 e. The summed E-state index contributed by atoms with van der Waals surface area (Å²) in [6.45, 7) is 0.977. The van der Waals surface area contributed by atoms with Gasteiger partial charge in [0.25, 0.3) is 0 Å². The molecule has 2 aromatic rings. The van der Waals surface area contributed by atoms with Crippen LogP contribution in [0.4, 0.5) is 5.13 Å². The molecule has 1 aliphatic rings. The van der Waals surface area contributed by atoms with E-state index in [1.54, 1.807) is 0 Å². The molecule has 7 N–H and O–H groups in total. The van der Waals surface area contributed by atoms with Gasteiger partial charge in [0.1, 0.15) is 24.4 Å². The topological polar surface area (TPSA) is 156 Å². The highest BCUT2D eigenvalue weighted by Crippen LogP contribution is 2.28. The van der Waals surface area contributed by atoms with Crippen LogP contribution in [0.3, 0.4) is 0 Å². The van der Waals surface area contributed by atoms with Crippen molar-refractivity contribution in [1.29, 1.82) is 0 Å². The quantitative estimate of drug-likeness (QED) is 0.276. The predicted octanol–water partition coefficient (Wildman–Crippen LogP) is -0.0451. The van der Waals surface area contributed by atoms with Crippen LogP contribution in [0.2, 0.25) is 0 Å². The molecule has 9 nitrogen and oxygen atoms in total. The number of rotatable bonds is 9. The number of ether oxygens (including phenoxy) is 1. The summed E-state index contributed by atoms with van der Waals surface area (Å²) in [6, 6.07) is 9.04. The molecule has 0 aliphatic carbocycles. The number of anilines is 1. The van der Waals surface area contributed by atoms with Crippen molar-refractivity contribution < 1.29 is 35.4 Å². The Labute approximate surface area is 184 Å². The zero-order chi connectivity index (χ0) is 22.5. The van der Waals surface area contributed by atoms with Crippen molar-refractivity contribution in [2.75, 3.05) is 11.9 Å². The maximum Gasteiger partial charge on any atom is 0.183 e. The van der Waals surface area contributed by atoms with Gasteiger partial charge in [-0.25, -0.2) is 4.98 Å². The minimum absolute atomic E-state index is 0.208. The Hall–Kier alpha value is -1.63. The van der Waals surface area contributed by atoms with Crippen LogP contribution in [0.5, 0.6) is 0 Å². The fourth-order valence-electron chi connectivity index (χ4n) is 3.67. The van der Waals surface area contributed by atoms with E-state index in [1.807, 2.05) is 35.7 Å². The van der Waals surface area contributed by atoms with Crippen molar-refractivity contribution in [3.63, 3.8) is 0 Å². The molecular formula is C21H30N2O7S. The minimum atomic E-state index is -1.45. The summed E-state index contributed by atoms with van der Waals surface area (Å²) < 4.78 is 5.54. The number of thiazole rings is 1. The van der Waals surface area contributed by atoms with Gasteiger partial charge in [0, 0.05) is 10.9 Å². The lowest BCUT2D eigenvalue weighted by molar-refractivity contribution is -0.230. The van der Waals surface area contributed by atoms with Crippen LogP contribution in [-0.2, 0) is 4.74 Å². The van der Waals surface area contributed by atoms with Crippen molar-refractivity contribution in [3.05, 3.63) is 35.7 Å². The number of hydrogen-bond donors (Lipinski definition) is 7. The van der Waals surface area contributed by atoms with Gasteiger partial charge >= 0.3 is 0 Å². The molecule has 172 valence electrons. The van der Waals surface area contributed by atoms with Crippen LogP contribution >= 0.6 is 11.3 Å². The van der Waals surface area contributed by atoms with Gasteiger partial charge < -0.3 is 40.7 Å². The number of aromatic nitrogens is 1. The Balaban J connectivity index is 1.68. The predicted molar refractivity (Wildman–Crippen MR) is 116 cm³/mol. The van der Waals surface area contributed by atoms with E-state index in [0.29, 0.717) is 5.13 Å². The fourth-order valence-corrected chi connectivity index (χ4v) is 4.45. The van der Waals surface area contributed by atoms with Gasteiger partial charge in [0.2, 0.25) is 0 Å². The summed E-state index contributed by atoms with van der Waals surface area (Å²) in [6.07, 6.45) is -7.69. The summed E-state index contributed by atoms with van der Waals surface area (Å²) in [4.78, 5) is 4.55. The van der Waals surface area contributed by atoms with Crippen molar-refractivity contribution in [3.8, 4) is 11.3 Å². The summed E-state index contributed by atoms with van der Waals surface area (Å²) in [7, 11) is 0. The summed E-state index contributed by atoms with van der Waals surface area (Å²) >= 11 is 1.37. The van der Waals surface area contributed by atoms with Crippen molar-refractivity contribution in [2.45, 2.75) is 68.5 Å². The monoisotopic (exact) mass is 454 g/mol. The fraction of sp³-hybridized carbons (Fsp3) is 0.571. The van der Waals surface area contributed by atoms with E-state index >= 15 is 0 Å². The van der Waals surface area contributed by atoms with E-state index in [1.165, 1.54) is 18.3 Å². The van der Waals surface area contributed by atoms with Gasteiger partial charge in [-0.2, -0.15) is 0 Å². The molecule has 1 saturated heterocycles. The molecule has 0 bridgehead atoms. The molecule has 1 aromatic heterocycles. The molecule has 1 aromatic carbocycles. The Morgan fingerprint density at radius 3 is 2.39 bits per heavy atom. The second-order valence-electron chi connectivity index (χ2n) is 7.83. The number of nitrogens with one attached hydrogen (secondary N) is 1. The van der Waals surface area contributed by atoms with E-state index in [2.05, 4.69) is 10.3 Å².